The second-order valence-electron chi connectivity index (χ2n) is 7.02. The van der Waals surface area contributed by atoms with Crippen molar-refractivity contribution in [3.05, 3.63) is 69.3 Å². The molecule has 136 valence electrons. The number of non-ortho nitro benzene ring substituents is 1. The van der Waals surface area contributed by atoms with Crippen molar-refractivity contribution in [3.63, 3.8) is 0 Å². The molecule has 2 aliphatic rings. The number of fused-ring (bicyclic) bond motifs is 1. The number of benzene rings is 2. The van der Waals surface area contributed by atoms with Crippen LogP contribution in [0.2, 0.25) is 0 Å². The van der Waals surface area contributed by atoms with Crippen LogP contribution in [0.15, 0.2) is 42.5 Å². The lowest BCUT2D eigenvalue weighted by Crippen LogP contribution is -2.45. The third kappa shape index (κ3) is 3.86. The molecule has 0 radical (unpaired) electrons. The predicted molar refractivity (Wildman–Crippen MR) is 99.3 cm³/mol. The smallest absolute Gasteiger partial charge is 0.269 e. The fraction of sp³-hybridized carbons (Fsp3) is 0.400. The first kappa shape index (κ1) is 17.0. The van der Waals surface area contributed by atoms with Gasteiger partial charge in [0, 0.05) is 57.8 Å². The SMILES string of the molecule is O=[N+]([O-])c1ccc(CN2CCN(Cc3ccc4c(c3)CCO4)CC2)cc1. The molecule has 0 N–H and O–H groups in total. The second kappa shape index (κ2) is 7.43. The summed E-state index contributed by atoms with van der Waals surface area (Å²) in [6.07, 6.45) is 1.02. The molecular formula is C20H23N3O3. The van der Waals surface area contributed by atoms with Crippen molar-refractivity contribution in [2.45, 2.75) is 19.5 Å². The standard InChI is InChI=1S/C20H23N3O3/c24-23(25)19-4-1-16(2-5-19)14-21-8-10-22(11-9-21)15-17-3-6-20-18(13-17)7-12-26-20/h1-6,13H,7-12,14-15H2. The summed E-state index contributed by atoms with van der Waals surface area (Å²) in [6, 6.07) is 13.4. The van der Waals surface area contributed by atoms with E-state index < -0.39 is 0 Å². The Morgan fingerprint density at radius 1 is 0.923 bits per heavy atom. The van der Waals surface area contributed by atoms with E-state index in [1.54, 1.807) is 12.1 Å². The monoisotopic (exact) mass is 353 g/mol. The molecule has 1 fully saturated rings. The van der Waals surface area contributed by atoms with E-state index in [4.69, 9.17) is 4.74 Å². The van der Waals surface area contributed by atoms with Crippen LogP contribution in [0.3, 0.4) is 0 Å². The number of nitro benzene ring substituents is 1. The molecule has 0 amide bonds. The van der Waals surface area contributed by atoms with Crippen molar-refractivity contribution in [2.24, 2.45) is 0 Å². The first-order valence-electron chi connectivity index (χ1n) is 9.10. The summed E-state index contributed by atoms with van der Waals surface area (Å²) in [5.41, 5.74) is 3.97. The van der Waals surface area contributed by atoms with Crippen LogP contribution in [-0.4, -0.2) is 47.5 Å². The maximum Gasteiger partial charge on any atom is 0.269 e. The molecule has 0 saturated carbocycles. The Balaban J connectivity index is 1.28. The fourth-order valence-corrected chi connectivity index (χ4v) is 3.68. The molecule has 6 heteroatoms. The molecular weight excluding hydrogens is 330 g/mol. The molecule has 0 unspecified atom stereocenters. The summed E-state index contributed by atoms with van der Waals surface area (Å²) in [5.74, 6) is 1.04. The Morgan fingerprint density at radius 2 is 1.54 bits per heavy atom. The Hall–Kier alpha value is -2.44. The normalized spacial score (nSPS) is 17.7. The first-order valence-corrected chi connectivity index (χ1v) is 9.10. The second-order valence-corrected chi connectivity index (χ2v) is 7.02. The van der Waals surface area contributed by atoms with Crippen LogP contribution in [0.5, 0.6) is 5.75 Å². The summed E-state index contributed by atoms with van der Waals surface area (Å²) in [5, 5.41) is 10.7. The van der Waals surface area contributed by atoms with Crippen LogP contribution in [0.1, 0.15) is 16.7 Å². The van der Waals surface area contributed by atoms with E-state index in [0.717, 1.165) is 63.6 Å². The molecule has 0 aromatic heterocycles. The minimum atomic E-state index is -0.354. The van der Waals surface area contributed by atoms with Crippen molar-refractivity contribution >= 4 is 5.69 Å². The molecule has 2 heterocycles. The molecule has 2 aliphatic heterocycles. The van der Waals surface area contributed by atoms with Crippen molar-refractivity contribution in [1.82, 2.24) is 9.80 Å². The Morgan fingerprint density at radius 3 is 2.19 bits per heavy atom. The van der Waals surface area contributed by atoms with Crippen LogP contribution >= 0.6 is 0 Å². The predicted octanol–water partition coefficient (Wildman–Crippen LogP) is 2.85. The number of ether oxygens (including phenoxy) is 1. The molecule has 6 nitrogen and oxygen atoms in total. The topological polar surface area (TPSA) is 58.9 Å². The van der Waals surface area contributed by atoms with Gasteiger partial charge < -0.3 is 4.74 Å². The molecule has 2 aromatic carbocycles. The maximum absolute atomic E-state index is 10.7. The zero-order valence-electron chi connectivity index (χ0n) is 14.8. The highest BCUT2D eigenvalue weighted by atomic mass is 16.6. The Labute approximate surface area is 153 Å². The number of nitro groups is 1. The summed E-state index contributed by atoms with van der Waals surface area (Å²) in [6.45, 7) is 6.76. The Kier molecular flexibility index (Phi) is 4.86. The fourth-order valence-electron chi connectivity index (χ4n) is 3.68. The van der Waals surface area contributed by atoms with Gasteiger partial charge in [-0.25, -0.2) is 0 Å². The van der Waals surface area contributed by atoms with Crippen LogP contribution in [0.4, 0.5) is 5.69 Å². The zero-order chi connectivity index (χ0) is 17.9. The van der Waals surface area contributed by atoms with Gasteiger partial charge in [0.1, 0.15) is 5.75 Å². The minimum absolute atomic E-state index is 0.151. The number of piperazine rings is 1. The van der Waals surface area contributed by atoms with Gasteiger partial charge in [-0.2, -0.15) is 0 Å². The highest BCUT2D eigenvalue weighted by Crippen LogP contribution is 2.26. The lowest BCUT2D eigenvalue weighted by Gasteiger charge is -2.34. The lowest BCUT2D eigenvalue weighted by molar-refractivity contribution is -0.384. The minimum Gasteiger partial charge on any atom is -0.493 e. The molecule has 2 aromatic rings. The van der Waals surface area contributed by atoms with Gasteiger partial charge in [0.05, 0.1) is 11.5 Å². The molecule has 4 rings (SSSR count). The molecule has 0 spiro atoms. The van der Waals surface area contributed by atoms with Gasteiger partial charge in [-0.15, -0.1) is 0 Å². The highest BCUT2D eigenvalue weighted by Gasteiger charge is 2.19. The average molecular weight is 353 g/mol. The maximum atomic E-state index is 10.7. The van der Waals surface area contributed by atoms with Gasteiger partial charge in [-0.3, -0.25) is 19.9 Å². The highest BCUT2D eigenvalue weighted by molar-refractivity contribution is 5.39. The summed E-state index contributed by atoms with van der Waals surface area (Å²) in [7, 11) is 0. The van der Waals surface area contributed by atoms with Gasteiger partial charge in [-0.1, -0.05) is 24.3 Å². The molecule has 26 heavy (non-hydrogen) atoms. The van der Waals surface area contributed by atoms with Crippen LogP contribution < -0.4 is 4.74 Å². The van der Waals surface area contributed by atoms with Crippen LogP contribution in [0.25, 0.3) is 0 Å². The zero-order valence-corrected chi connectivity index (χ0v) is 14.8. The quantitative estimate of drug-likeness (QED) is 0.611. The molecule has 1 saturated heterocycles. The summed E-state index contributed by atoms with van der Waals surface area (Å²) >= 11 is 0. The number of nitrogens with zero attached hydrogens (tertiary/aromatic N) is 3. The van der Waals surface area contributed by atoms with Gasteiger partial charge in [0.25, 0.3) is 5.69 Å². The average Bonchev–Trinajstić information content (AvgIpc) is 3.12. The van der Waals surface area contributed by atoms with Crippen molar-refractivity contribution in [2.75, 3.05) is 32.8 Å². The van der Waals surface area contributed by atoms with Gasteiger partial charge in [0.15, 0.2) is 0 Å². The third-order valence-electron chi connectivity index (χ3n) is 5.18. The van der Waals surface area contributed by atoms with E-state index in [1.807, 2.05) is 12.1 Å². The third-order valence-corrected chi connectivity index (χ3v) is 5.18. The van der Waals surface area contributed by atoms with E-state index >= 15 is 0 Å². The van der Waals surface area contributed by atoms with Gasteiger partial charge in [-0.05, 0) is 22.8 Å². The van der Waals surface area contributed by atoms with E-state index in [0.29, 0.717) is 0 Å². The Bertz CT molecular complexity index is 783. The molecule has 0 aliphatic carbocycles. The van der Waals surface area contributed by atoms with Gasteiger partial charge in [0.2, 0.25) is 0 Å². The van der Waals surface area contributed by atoms with Crippen molar-refractivity contribution in [3.8, 4) is 5.75 Å². The molecule has 0 bridgehead atoms. The number of hydrogen-bond donors (Lipinski definition) is 0. The summed E-state index contributed by atoms with van der Waals surface area (Å²) in [4.78, 5) is 15.3. The number of hydrogen-bond acceptors (Lipinski definition) is 5. The van der Waals surface area contributed by atoms with E-state index in [-0.39, 0.29) is 10.6 Å². The largest absolute Gasteiger partial charge is 0.493 e. The molecule has 0 atom stereocenters. The van der Waals surface area contributed by atoms with Crippen LogP contribution in [-0.2, 0) is 19.5 Å². The van der Waals surface area contributed by atoms with E-state index in [1.165, 1.54) is 11.1 Å². The van der Waals surface area contributed by atoms with Crippen molar-refractivity contribution in [1.29, 1.82) is 0 Å². The summed E-state index contributed by atoms with van der Waals surface area (Å²) < 4.78 is 5.58. The van der Waals surface area contributed by atoms with Crippen LogP contribution in [0, 0.1) is 10.1 Å². The van der Waals surface area contributed by atoms with E-state index in [9.17, 15) is 10.1 Å². The van der Waals surface area contributed by atoms with Gasteiger partial charge >= 0.3 is 0 Å². The first-order chi connectivity index (χ1) is 12.7. The number of rotatable bonds is 5. The van der Waals surface area contributed by atoms with E-state index in [2.05, 4.69) is 28.0 Å². The lowest BCUT2D eigenvalue weighted by atomic mass is 10.1. The van der Waals surface area contributed by atoms with Crippen molar-refractivity contribution < 1.29 is 9.66 Å².